The molecule has 3 heterocycles. The van der Waals surface area contributed by atoms with Gasteiger partial charge in [0.05, 0.1) is 13.1 Å². The number of rotatable bonds is 2. The summed E-state index contributed by atoms with van der Waals surface area (Å²) in [7, 11) is 0. The minimum atomic E-state index is 0.138. The van der Waals surface area contributed by atoms with E-state index in [1.54, 1.807) is 0 Å². The quantitative estimate of drug-likeness (QED) is 0.773. The molecule has 0 radical (unpaired) electrons. The lowest BCUT2D eigenvalue weighted by Gasteiger charge is -2.33. The van der Waals surface area contributed by atoms with Crippen molar-refractivity contribution in [2.75, 3.05) is 26.2 Å². The number of carbonyl (C=O) groups is 1. The number of quaternary nitrogens is 1. The lowest BCUT2D eigenvalue weighted by Crippen LogP contribution is -2.87. The average molecular weight is 327 g/mol. The van der Waals surface area contributed by atoms with Crippen LogP contribution in [0.1, 0.15) is 37.2 Å². The van der Waals surface area contributed by atoms with Crippen molar-refractivity contribution < 1.29 is 10.1 Å². The lowest BCUT2D eigenvalue weighted by molar-refractivity contribution is -0.663. The van der Waals surface area contributed by atoms with Crippen molar-refractivity contribution in [2.45, 2.75) is 37.6 Å². The number of benzene rings is 1. The summed E-state index contributed by atoms with van der Waals surface area (Å²) in [6, 6.07) is 9.00. The van der Waals surface area contributed by atoms with Crippen LogP contribution in [0.5, 0.6) is 0 Å². The van der Waals surface area contributed by atoms with Gasteiger partial charge in [-0.25, -0.2) is 4.79 Å². The first-order chi connectivity index (χ1) is 11.8. The lowest BCUT2D eigenvalue weighted by atomic mass is 9.89. The molecule has 0 spiro atoms. The fourth-order valence-electron chi connectivity index (χ4n) is 4.16. The number of aromatic amines is 1. The van der Waals surface area contributed by atoms with Gasteiger partial charge < -0.3 is 20.5 Å². The average Bonchev–Trinajstić information content (AvgIpc) is 3.07. The van der Waals surface area contributed by atoms with E-state index >= 15 is 0 Å². The van der Waals surface area contributed by atoms with E-state index in [9.17, 15) is 4.79 Å². The Morgan fingerprint density at radius 2 is 1.88 bits per heavy atom. The smallest absolute Gasteiger partial charge is 0.317 e. The van der Waals surface area contributed by atoms with Crippen LogP contribution in [-0.2, 0) is 0 Å². The van der Waals surface area contributed by atoms with Crippen LogP contribution >= 0.6 is 0 Å². The van der Waals surface area contributed by atoms with Gasteiger partial charge in [-0.2, -0.15) is 0 Å². The van der Waals surface area contributed by atoms with E-state index in [4.69, 9.17) is 0 Å². The molecule has 4 N–H and O–H groups in total. The van der Waals surface area contributed by atoms with E-state index in [0.29, 0.717) is 12.0 Å². The van der Waals surface area contributed by atoms with Gasteiger partial charge in [0.25, 0.3) is 0 Å². The second-order valence-corrected chi connectivity index (χ2v) is 7.14. The van der Waals surface area contributed by atoms with E-state index in [2.05, 4.69) is 46.1 Å². The predicted octanol–water partition coefficient (Wildman–Crippen LogP) is 1.78. The Morgan fingerprint density at radius 3 is 2.67 bits per heavy atom. The number of urea groups is 1. The number of nitrogens with two attached hydrogens (primary N) is 1. The van der Waals surface area contributed by atoms with Gasteiger partial charge in [-0.05, 0) is 30.4 Å². The summed E-state index contributed by atoms with van der Waals surface area (Å²) in [5, 5.41) is 6.89. The standard InChI is InChI=1S/C19H26N4O/c24-19(22-15-5-9-20-10-6-15)23-11-7-14(8-12-23)17-13-21-18-4-2-1-3-16(17)18/h1-4,13-15,20-21H,5-12H2,(H,22,24)/p+1. The van der Waals surface area contributed by atoms with E-state index in [0.717, 1.165) is 51.9 Å². The molecular weight excluding hydrogens is 300 g/mol. The van der Waals surface area contributed by atoms with Crippen molar-refractivity contribution in [1.82, 2.24) is 15.2 Å². The Labute approximate surface area is 142 Å². The van der Waals surface area contributed by atoms with Gasteiger partial charge in [-0.3, -0.25) is 0 Å². The third-order valence-corrected chi connectivity index (χ3v) is 5.61. The summed E-state index contributed by atoms with van der Waals surface area (Å²) in [5.41, 5.74) is 2.62. The monoisotopic (exact) mass is 327 g/mol. The zero-order chi connectivity index (χ0) is 16.4. The summed E-state index contributed by atoms with van der Waals surface area (Å²) in [6.07, 6.45) is 6.44. The van der Waals surface area contributed by atoms with Gasteiger partial charge in [-0.15, -0.1) is 0 Å². The molecule has 1 aromatic heterocycles. The van der Waals surface area contributed by atoms with Gasteiger partial charge in [0.1, 0.15) is 0 Å². The van der Waals surface area contributed by atoms with Gasteiger partial charge in [0.2, 0.25) is 0 Å². The molecule has 5 heteroatoms. The summed E-state index contributed by atoms with van der Waals surface area (Å²) in [5.74, 6) is 0.550. The molecule has 0 bridgehead atoms. The highest BCUT2D eigenvalue weighted by molar-refractivity contribution is 5.83. The van der Waals surface area contributed by atoms with Crippen molar-refractivity contribution in [2.24, 2.45) is 0 Å². The Morgan fingerprint density at radius 1 is 1.12 bits per heavy atom. The third kappa shape index (κ3) is 3.13. The molecule has 128 valence electrons. The Kier molecular flexibility index (Phi) is 4.43. The minimum absolute atomic E-state index is 0.138. The summed E-state index contributed by atoms with van der Waals surface area (Å²) in [6.45, 7) is 3.98. The topological polar surface area (TPSA) is 64.7 Å². The van der Waals surface area contributed by atoms with Crippen LogP contribution in [0, 0.1) is 0 Å². The summed E-state index contributed by atoms with van der Waals surface area (Å²) >= 11 is 0. The molecule has 2 aromatic rings. The maximum Gasteiger partial charge on any atom is 0.317 e. The molecule has 2 amide bonds. The van der Waals surface area contributed by atoms with Crippen LogP contribution in [0.4, 0.5) is 4.79 Å². The first-order valence-corrected chi connectivity index (χ1v) is 9.24. The molecule has 1 aromatic carbocycles. The molecule has 24 heavy (non-hydrogen) atoms. The maximum absolute atomic E-state index is 12.5. The van der Waals surface area contributed by atoms with Crippen molar-refractivity contribution in [3.8, 4) is 0 Å². The first kappa shape index (κ1) is 15.5. The normalized spacial score (nSPS) is 20.4. The molecule has 2 aliphatic rings. The minimum Gasteiger partial charge on any atom is -0.361 e. The number of amides is 2. The highest BCUT2D eigenvalue weighted by atomic mass is 16.2. The third-order valence-electron chi connectivity index (χ3n) is 5.61. The fraction of sp³-hybridized carbons (Fsp3) is 0.526. The van der Waals surface area contributed by atoms with Crippen LogP contribution in [-0.4, -0.2) is 48.1 Å². The zero-order valence-corrected chi connectivity index (χ0v) is 14.1. The highest BCUT2D eigenvalue weighted by Crippen LogP contribution is 2.33. The van der Waals surface area contributed by atoms with Crippen LogP contribution < -0.4 is 10.6 Å². The van der Waals surface area contributed by atoms with E-state index in [1.165, 1.54) is 16.5 Å². The zero-order valence-electron chi connectivity index (χ0n) is 14.1. The number of fused-ring (bicyclic) bond motifs is 1. The van der Waals surface area contributed by atoms with Crippen LogP contribution in [0.2, 0.25) is 0 Å². The highest BCUT2D eigenvalue weighted by Gasteiger charge is 2.27. The molecule has 5 nitrogen and oxygen atoms in total. The van der Waals surface area contributed by atoms with Crippen molar-refractivity contribution in [3.05, 3.63) is 36.0 Å². The Balaban J connectivity index is 1.35. The van der Waals surface area contributed by atoms with E-state index in [1.807, 2.05) is 4.90 Å². The number of para-hydroxylation sites is 1. The molecule has 0 saturated carbocycles. The number of piperidine rings is 2. The van der Waals surface area contributed by atoms with Crippen LogP contribution in [0.15, 0.2) is 30.5 Å². The molecular formula is C19H27N4O+. The molecule has 2 fully saturated rings. The number of H-pyrrole nitrogens is 1. The maximum atomic E-state index is 12.5. The molecule has 2 aliphatic heterocycles. The summed E-state index contributed by atoms with van der Waals surface area (Å²) in [4.78, 5) is 17.9. The number of likely N-dealkylation sites (tertiary alicyclic amines) is 1. The number of nitrogens with zero attached hydrogens (tertiary/aromatic N) is 1. The first-order valence-electron chi connectivity index (χ1n) is 9.24. The van der Waals surface area contributed by atoms with E-state index < -0.39 is 0 Å². The summed E-state index contributed by atoms with van der Waals surface area (Å²) < 4.78 is 0. The van der Waals surface area contributed by atoms with Gasteiger partial charge in [0.15, 0.2) is 0 Å². The number of hydrogen-bond acceptors (Lipinski definition) is 1. The molecule has 4 rings (SSSR count). The second kappa shape index (κ2) is 6.85. The number of nitrogens with one attached hydrogen (secondary N) is 2. The molecule has 2 saturated heterocycles. The fourth-order valence-corrected chi connectivity index (χ4v) is 4.16. The van der Waals surface area contributed by atoms with Crippen molar-refractivity contribution in [3.63, 3.8) is 0 Å². The Hall–Kier alpha value is -2.01. The van der Waals surface area contributed by atoms with Gasteiger partial charge >= 0.3 is 6.03 Å². The van der Waals surface area contributed by atoms with Crippen molar-refractivity contribution >= 4 is 16.9 Å². The Bertz CT molecular complexity index is 696. The van der Waals surface area contributed by atoms with Crippen LogP contribution in [0.25, 0.3) is 10.9 Å². The van der Waals surface area contributed by atoms with Crippen LogP contribution in [0.3, 0.4) is 0 Å². The molecule has 0 atom stereocenters. The van der Waals surface area contributed by atoms with E-state index in [-0.39, 0.29) is 6.03 Å². The van der Waals surface area contributed by atoms with Gasteiger partial charge in [0, 0.05) is 49.1 Å². The second-order valence-electron chi connectivity index (χ2n) is 7.14. The SMILES string of the molecule is O=C(NC1CC[NH2+]CC1)N1CCC(c2c[nH]c3ccccc23)CC1. The number of hydrogen-bond donors (Lipinski definition) is 3. The number of aromatic nitrogens is 1. The molecule has 0 unspecified atom stereocenters. The van der Waals surface area contributed by atoms with Crippen molar-refractivity contribution in [1.29, 1.82) is 0 Å². The molecule has 0 aliphatic carbocycles. The van der Waals surface area contributed by atoms with Gasteiger partial charge in [-0.1, -0.05) is 18.2 Å². The number of carbonyl (C=O) groups excluding carboxylic acids is 1. The predicted molar refractivity (Wildman–Crippen MR) is 95.1 cm³/mol. The largest absolute Gasteiger partial charge is 0.361 e.